The summed E-state index contributed by atoms with van der Waals surface area (Å²) in [6.45, 7) is 4.06. The normalized spacial score (nSPS) is 18.1. The Hall–Kier alpha value is -1.49. The topological polar surface area (TPSA) is 71.4 Å². The molecule has 0 spiro atoms. The van der Waals surface area contributed by atoms with Crippen LogP contribution < -0.4 is 16.4 Å². The highest BCUT2D eigenvalue weighted by atomic mass is 15.3. The monoisotopic (exact) mass is 207 g/mol. The van der Waals surface area contributed by atoms with Crippen molar-refractivity contribution < 1.29 is 0 Å². The first kappa shape index (κ1) is 10.0. The fourth-order valence-electron chi connectivity index (χ4n) is 1.76. The lowest BCUT2D eigenvalue weighted by Gasteiger charge is -2.33. The van der Waals surface area contributed by atoms with E-state index in [1.54, 1.807) is 6.07 Å². The number of nitrogens with two attached hydrogens (primary N) is 2. The van der Waals surface area contributed by atoms with Crippen LogP contribution in [0.25, 0.3) is 0 Å². The second-order valence-electron chi connectivity index (χ2n) is 3.97. The van der Waals surface area contributed by atoms with Gasteiger partial charge in [-0.05, 0) is 7.05 Å². The Morgan fingerprint density at radius 1 is 1.13 bits per heavy atom. The minimum Gasteiger partial charge on any atom is -0.399 e. The van der Waals surface area contributed by atoms with E-state index in [1.165, 1.54) is 0 Å². The molecule has 1 aliphatic rings. The molecule has 0 radical (unpaired) electrons. The van der Waals surface area contributed by atoms with E-state index >= 15 is 0 Å². The first-order chi connectivity index (χ1) is 7.15. The van der Waals surface area contributed by atoms with Crippen molar-refractivity contribution in [1.82, 2.24) is 9.88 Å². The predicted molar refractivity (Wildman–Crippen MR) is 62.8 cm³/mol. The molecule has 1 aromatic heterocycles. The van der Waals surface area contributed by atoms with E-state index in [1.807, 2.05) is 6.07 Å². The van der Waals surface area contributed by atoms with E-state index in [0.29, 0.717) is 11.5 Å². The van der Waals surface area contributed by atoms with E-state index in [9.17, 15) is 0 Å². The highest BCUT2D eigenvalue weighted by Gasteiger charge is 2.15. The van der Waals surface area contributed by atoms with Gasteiger partial charge < -0.3 is 21.3 Å². The molecule has 2 heterocycles. The average molecular weight is 207 g/mol. The molecular weight excluding hydrogens is 190 g/mol. The van der Waals surface area contributed by atoms with Gasteiger partial charge in [-0.2, -0.15) is 0 Å². The van der Waals surface area contributed by atoms with Gasteiger partial charge in [-0.25, -0.2) is 4.98 Å². The van der Waals surface area contributed by atoms with Crippen molar-refractivity contribution in [1.29, 1.82) is 0 Å². The number of rotatable bonds is 1. The summed E-state index contributed by atoms with van der Waals surface area (Å²) in [5.74, 6) is 1.38. The van der Waals surface area contributed by atoms with Crippen molar-refractivity contribution in [2.45, 2.75) is 0 Å². The van der Waals surface area contributed by atoms with E-state index < -0.39 is 0 Å². The third kappa shape index (κ3) is 2.30. The van der Waals surface area contributed by atoms with Crippen LogP contribution in [0.5, 0.6) is 0 Å². The van der Waals surface area contributed by atoms with Gasteiger partial charge in [0.15, 0.2) is 0 Å². The van der Waals surface area contributed by atoms with Crippen LogP contribution in [0, 0.1) is 0 Å². The maximum atomic E-state index is 5.74. The Balaban J connectivity index is 2.15. The quantitative estimate of drug-likeness (QED) is 0.678. The summed E-state index contributed by atoms with van der Waals surface area (Å²) in [6, 6.07) is 3.56. The molecule has 1 saturated heterocycles. The second kappa shape index (κ2) is 3.94. The fourth-order valence-corrected chi connectivity index (χ4v) is 1.76. The summed E-state index contributed by atoms with van der Waals surface area (Å²) in [7, 11) is 2.12. The minimum absolute atomic E-state index is 0.490. The smallest absolute Gasteiger partial charge is 0.133 e. The molecule has 1 aromatic rings. The largest absolute Gasteiger partial charge is 0.399 e. The summed E-state index contributed by atoms with van der Waals surface area (Å²) in [6.07, 6.45) is 0. The van der Waals surface area contributed by atoms with Crippen molar-refractivity contribution in [3.05, 3.63) is 12.1 Å². The van der Waals surface area contributed by atoms with Gasteiger partial charge in [0.1, 0.15) is 11.6 Å². The second-order valence-corrected chi connectivity index (χ2v) is 3.97. The van der Waals surface area contributed by atoms with Crippen molar-refractivity contribution in [2.75, 3.05) is 49.6 Å². The Bertz CT molecular complexity index is 323. The van der Waals surface area contributed by atoms with Crippen molar-refractivity contribution in [2.24, 2.45) is 0 Å². The molecule has 0 aromatic carbocycles. The summed E-state index contributed by atoms with van der Waals surface area (Å²) in [4.78, 5) is 8.80. The van der Waals surface area contributed by atoms with Crippen LogP contribution in [0.4, 0.5) is 17.3 Å². The maximum Gasteiger partial charge on any atom is 0.133 e. The number of piperazine rings is 1. The number of nitrogen functional groups attached to an aromatic ring is 2. The number of pyridine rings is 1. The van der Waals surface area contributed by atoms with E-state index in [0.717, 1.165) is 32.0 Å². The number of anilines is 3. The van der Waals surface area contributed by atoms with Gasteiger partial charge in [0, 0.05) is 44.0 Å². The van der Waals surface area contributed by atoms with Crippen molar-refractivity contribution in [3.8, 4) is 0 Å². The number of likely N-dealkylation sites (N-methyl/N-ethyl adjacent to an activating group) is 1. The van der Waals surface area contributed by atoms with Gasteiger partial charge in [0.05, 0.1) is 0 Å². The van der Waals surface area contributed by atoms with Crippen LogP contribution in [-0.2, 0) is 0 Å². The average Bonchev–Trinajstić information content (AvgIpc) is 2.17. The van der Waals surface area contributed by atoms with E-state index in [-0.39, 0.29) is 0 Å². The Morgan fingerprint density at radius 2 is 1.80 bits per heavy atom. The lowest BCUT2D eigenvalue weighted by molar-refractivity contribution is 0.312. The van der Waals surface area contributed by atoms with Crippen LogP contribution in [0.2, 0.25) is 0 Å². The van der Waals surface area contributed by atoms with Crippen molar-refractivity contribution in [3.63, 3.8) is 0 Å². The molecule has 0 atom stereocenters. The Kier molecular flexibility index (Phi) is 2.64. The summed E-state index contributed by atoms with van der Waals surface area (Å²) in [5, 5.41) is 0. The summed E-state index contributed by atoms with van der Waals surface area (Å²) in [5.41, 5.74) is 12.1. The third-order valence-electron chi connectivity index (χ3n) is 2.68. The minimum atomic E-state index is 0.490. The molecule has 0 unspecified atom stereocenters. The highest BCUT2D eigenvalue weighted by Crippen LogP contribution is 2.18. The molecule has 1 aliphatic heterocycles. The zero-order valence-electron chi connectivity index (χ0n) is 8.98. The first-order valence-corrected chi connectivity index (χ1v) is 5.11. The van der Waals surface area contributed by atoms with Gasteiger partial charge in [-0.3, -0.25) is 0 Å². The van der Waals surface area contributed by atoms with Gasteiger partial charge in [-0.1, -0.05) is 0 Å². The zero-order chi connectivity index (χ0) is 10.8. The first-order valence-electron chi connectivity index (χ1n) is 5.11. The number of hydrogen-bond acceptors (Lipinski definition) is 5. The Labute approximate surface area is 89.7 Å². The molecule has 5 heteroatoms. The van der Waals surface area contributed by atoms with Gasteiger partial charge in [0.2, 0.25) is 0 Å². The van der Waals surface area contributed by atoms with E-state index in [4.69, 9.17) is 11.5 Å². The Morgan fingerprint density at radius 3 is 2.40 bits per heavy atom. The van der Waals surface area contributed by atoms with Gasteiger partial charge in [-0.15, -0.1) is 0 Å². The molecule has 0 aliphatic carbocycles. The zero-order valence-corrected chi connectivity index (χ0v) is 8.98. The van der Waals surface area contributed by atoms with Crippen molar-refractivity contribution >= 4 is 17.3 Å². The lowest BCUT2D eigenvalue weighted by Crippen LogP contribution is -2.44. The summed E-state index contributed by atoms with van der Waals surface area (Å²) >= 11 is 0. The molecule has 4 N–H and O–H groups in total. The predicted octanol–water partition coefficient (Wildman–Crippen LogP) is -0.00220. The molecule has 15 heavy (non-hydrogen) atoms. The molecule has 1 fully saturated rings. The molecule has 5 nitrogen and oxygen atoms in total. The van der Waals surface area contributed by atoms with Gasteiger partial charge >= 0.3 is 0 Å². The molecule has 0 saturated carbocycles. The molecule has 2 rings (SSSR count). The van der Waals surface area contributed by atoms with E-state index in [2.05, 4.69) is 21.8 Å². The maximum absolute atomic E-state index is 5.74. The fraction of sp³-hybridized carbons (Fsp3) is 0.500. The van der Waals surface area contributed by atoms with Crippen LogP contribution in [0.1, 0.15) is 0 Å². The SMILES string of the molecule is CN1CCN(c2cc(N)cc(N)n2)CC1. The number of nitrogens with zero attached hydrogens (tertiary/aromatic N) is 3. The lowest BCUT2D eigenvalue weighted by atomic mass is 10.3. The summed E-state index contributed by atoms with van der Waals surface area (Å²) < 4.78 is 0. The van der Waals surface area contributed by atoms with Crippen LogP contribution in [0.3, 0.4) is 0 Å². The number of hydrogen-bond donors (Lipinski definition) is 2. The molecule has 0 bridgehead atoms. The van der Waals surface area contributed by atoms with Gasteiger partial charge in [0.25, 0.3) is 0 Å². The van der Waals surface area contributed by atoms with Crippen LogP contribution in [-0.4, -0.2) is 43.1 Å². The van der Waals surface area contributed by atoms with Crippen LogP contribution >= 0.6 is 0 Å². The third-order valence-corrected chi connectivity index (χ3v) is 2.68. The standard InChI is InChI=1S/C10H17N5/c1-14-2-4-15(5-3-14)10-7-8(11)6-9(12)13-10/h6-7H,2-5H2,1H3,(H4,11,12,13). The van der Waals surface area contributed by atoms with Crippen LogP contribution in [0.15, 0.2) is 12.1 Å². The highest BCUT2D eigenvalue weighted by molar-refractivity contribution is 5.57. The molecular formula is C10H17N5. The molecule has 0 amide bonds. The molecule has 82 valence electrons. The number of aromatic nitrogens is 1.